The lowest BCUT2D eigenvalue weighted by Gasteiger charge is -2.54. The van der Waals surface area contributed by atoms with E-state index in [1.165, 1.54) is 37.9 Å². The van der Waals surface area contributed by atoms with E-state index in [2.05, 4.69) is 15.3 Å². The topological polar surface area (TPSA) is 40.7 Å². The third kappa shape index (κ3) is 2.22. The third-order valence-electron chi connectivity index (χ3n) is 5.87. The van der Waals surface area contributed by atoms with E-state index in [0.717, 1.165) is 42.0 Å². The fourth-order valence-electron chi connectivity index (χ4n) is 5.31. The maximum atomic E-state index is 4.26. The summed E-state index contributed by atoms with van der Waals surface area (Å²) in [6, 6.07) is 0. The van der Waals surface area contributed by atoms with E-state index in [-0.39, 0.29) is 0 Å². The van der Waals surface area contributed by atoms with E-state index in [9.17, 15) is 0 Å². The second kappa shape index (κ2) is 4.62. The van der Waals surface area contributed by atoms with Crippen molar-refractivity contribution in [1.82, 2.24) is 15.3 Å². The van der Waals surface area contributed by atoms with E-state index >= 15 is 0 Å². The molecular weight excluding hydrogens is 234 g/mol. The molecule has 104 valence electrons. The highest BCUT2D eigenvalue weighted by atomic mass is 15.0. The lowest BCUT2D eigenvalue weighted by atomic mass is 9.52. The molecule has 4 aliphatic carbocycles. The van der Waals surface area contributed by atoms with E-state index < -0.39 is 0 Å². The summed E-state index contributed by atoms with van der Waals surface area (Å²) in [6.07, 6.45) is 9.63. The molecular formula is C16H25N3. The molecule has 4 bridgehead atoms. The van der Waals surface area contributed by atoms with Crippen molar-refractivity contribution >= 4 is 0 Å². The molecule has 1 heterocycles. The predicted octanol–water partition coefficient (Wildman–Crippen LogP) is 2.88. The first kappa shape index (κ1) is 12.0. The van der Waals surface area contributed by atoms with Gasteiger partial charge in [0.15, 0.2) is 0 Å². The maximum Gasteiger partial charge on any atom is 0.103 e. The van der Waals surface area contributed by atoms with Crippen LogP contribution in [0, 0.1) is 36.5 Å². The molecule has 4 fully saturated rings. The van der Waals surface area contributed by atoms with Crippen LogP contribution >= 0.6 is 0 Å². The van der Waals surface area contributed by atoms with Crippen LogP contribution in [-0.4, -0.2) is 16.5 Å². The lowest BCUT2D eigenvalue weighted by molar-refractivity contribution is -0.0355. The number of H-pyrrole nitrogens is 1. The van der Waals surface area contributed by atoms with Gasteiger partial charge in [0.2, 0.25) is 0 Å². The summed E-state index contributed by atoms with van der Waals surface area (Å²) in [6.45, 7) is 4.18. The number of aromatic amines is 1. The van der Waals surface area contributed by atoms with Crippen LogP contribution in [0.2, 0.25) is 0 Å². The molecule has 0 aromatic carbocycles. The summed E-state index contributed by atoms with van der Waals surface area (Å²) in [5.41, 5.74) is 1.22. The minimum absolute atomic E-state index is 0.948. The van der Waals surface area contributed by atoms with Gasteiger partial charge in [0, 0.05) is 18.4 Å². The number of aromatic nitrogens is 2. The molecule has 0 amide bonds. The molecule has 0 unspecified atom stereocenters. The van der Waals surface area contributed by atoms with Crippen LogP contribution in [0.3, 0.4) is 0 Å². The van der Waals surface area contributed by atoms with Crippen LogP contribution in [0.1, 0.15) is 43.6 Å². The summed E-state index contributed by atoms with van der Waals surface area (Å²) in [5.74, 6) is 6.23. The first-order valence-electron chi connectivity index (χ1n) is 7.99. The van der Waals surface area contributed by atoms with Crippen molar-refractivity contribution in [2.75, 3.05) is 6.54 Å². The zero-order chi connectivity index (χ0) is 12.8. The Kier molecular flexibility index (Phi) is 2.91. The number of nitrogens with one attached hydrogen (secondary N) is 2. The van der Waals surface area contributed by atoms with E-state index in [1.54, 1.807) is 6.42 Å². The molecule has 1 aromatic rings. The Bertz CT molecular complexity index is 423. The van der Waals surface area contributed by atoms with Gasteiger partial charge in [0.25, 0.3) is 0 Å². The standard InChI is InChI=1S/C16H25N3/c1-10-18-8-15(19-10)7-17-9-16-13-3-11-2-12(5-13)6-14(16)4-11/h8,11-14,16-17H,2-7,9H2,1H3,(H,18,19). The molecule has 0 spiro atoms. The molecule has 0 aliphatic heterocycles. The summed E-state index contributed by atoms with van der Waals surface area (Å²) in [4.78, 5) is 7.56. The second-order valence-corrected chi connectivity index (χ2v) is 7.22. The molecule has 4 aliphatic rings. The van der Waals surface area contributed by atoms with Crippen LogP contribution in [0.5, 0.6) is 0 Å². The Labute approximate surface area is 115 Å². The number of rotatable bonds is 4. The van der Waals surface area contributed by atoms with Crippen LogP contribution in [0.4, 0.5) is 0 Å². The highest BCUT2D eigenvalue weighted by Gasteiger charge is 2.47. The van der Waals surface area contributed by atoms with Gasteiger partial charge in [-0.1, -0.05) is 0 Å². The number of hydrogen-bond acceptors (Lipinski definition) is 2. The lowest BCUT2D eigenvalue weighted by Crippen LogP contribution is -2.48. The first-order valence-corrected chi connectivity index (χ1v) is 7.99. The highest BCUT2D eigenvalue weighted by Crippen LogP contribution is 2.56. The van der Waals surface area contributed by atoms with Gasteiger partial charge >= 0.3 is 0 Å². The summed E-state index contributed by atoms with van der Waals surface area (Å²) in [7, 11) is 0. The molecule has 4 saturated carbocycles. The van der Waals surface area contributed by atoms with Crippen molar-refractivity contribution in [2.24, 2.45) is 29.6 Å². The van der Waals surface area contributed by atoms with Gasteiger partial charge in [0.05, 0.1) is 0 Å². The SMILES string of the molecule is Cc1ncc(CNCC2C3CC4CC(C3)CC2C4)[nH]1. The summed E-state index contributed by atoms with van der Waals surface area (Å²) in [5, 5.41) is 3.67. The Morgan fingerprint density at radius 1 is 1.16 bits per heavy atom. The minimum atomic E-state index is 0.948. The number of hydrogen-bond donors (Lipinski definition) is 2. The quantitative estimate of drug-likeness (QED) is 0.873. The Balaban J connectivity index is 1.33. The third-order valence-corrected chi connectivity index (χ3v) is 5.87. The molecule has 2 N–H and O–H groups in total. The van der Waals surface area contributed by atoms with Crippen LogP contribution in [0.15, 0.2) is 6.20 Å². The van der Waals surface area contributed by atoms with E-state index in [0.29, 0.717) is 0 Å². The van der Waals surface area contributed by atoms with E-state index in [1.807, 2.05) is 13.1 Å². The van der Waals surface area contributed by atoms with Crippen molar-refractivity contribution in [3.63, 3.8) is 0 Å². The van der Waals surface area contributed by atoms with Crippen molar-refractivity contribution in [2.45, 2.75) is 45.6 Å². The average Bonchev–Trinajstić information content (AvgIpc) is 2.78. The zero-order valence-electron chi connectivity index (χ0n) is 11.9. The fourth-order valence-corrected chi connectivity index (χ4v) is 5.31. The minimum Gasteiger partial charge on any atom is -0.345 e. The largest absolute Gasteiger partial charge is 0.345 e. The van der Waals surface area contributed by atoms with Gasteiger partial charge < -0.3 is 10.3 Å². The zero-order valence-corrected chi connectivity index (χ0v) is 11.9. The van der Waals surface area contributed by atoms with Gasteiger partial charge in [-0.3, -0.25) is 0 Å². The molecule has 0 radical (unpaired) electrons. The number of imidazole rings is 1. The molecule has 1 aromatic heterocycles. The Morgan fingerprint density at radius 3 is 2.42 bits per heavy atom. The van der Waals surface area contributed by atoms with Crippen molar-refractivity contribution in [3.8, 4) is 0 Å². The first-order chi connectivity index (χ1) is 9.28. The average molecular weight is 259 g/mol. The van der Waals surface area contributed by atoms with Gasteiger partial charge in [0.1, 0.15) is 5.82 Å². The summed E-state index contributed by atoms with van der Waals surface area (Å²) >= 11 is 0. The maximum absolute atomic E-state index is 4.26. The Morgan fingerprint density at radius 2 is 1.84 bits per heavy atom. The van der Waals surface area contributed by atoms with Crippen molar-refractivity contribution in [3.05, 3.63) is 17.7 Å². The highest BCUT2D eigenvalue weighted by molar-refractivity contribution is 5.01. The molecule has 3 heteroatoms. The van der Waals surface area contributed by atoms with Gasteiger partial charge in [-0.05, 0) is 75.2 Å². The van der Waals surface area contributed by atoms with Crippen LogP contribution in [-0.2, 0) is 6.54 Å². The van der Waals surface area contributed by atoms with Crippen LogP contribution in [0.25, 0.3) is 0 Å². The van der Waals surface area contributed by atoms with Crippen LogP contribution < -0.4 is 5.32 Å². The molecule has 0 saturated heterocycles. The van der Waals surface area contributed by atoms with Gasteiger partial charge in [-0.2, -0.15) is 0 Å². The van der Waals surface area contributed by atoms with Crippen molar-refractivity contribution in [1.29, 1.82) is 0 Å². The number of nitrogens with zero attached hydrogens (tertiary/aromatic N) is 1. The monoisotopic (exact) mass is 259 g/mol. The predicted molar refractivity (Wildman–Crippen MR) is 75.6 cm³/mol. The number of aryl methyl sites for hydroxylation is 1. The normalized spacial score (nSPS) is 39.9. The summed E-state index contributed by atoms with van der Waals surface area (Å²) < 4.78 is 0. The fraction of sp³-hybridized carbons (Fsp3) is 0.812. The molecule has 3 nitrogen and oxygen atoms in total. The second-order valence-electron chi connectivity index (χ2n) is 7.22. The van der Waals surface area contributed by atoms with E-state index in [4.69, 9.17) is 0 Å². The van der Waals surface area contributed by atoms with Crippen molar-refractivity contribution < 1.29 is 0 Å². The molecule has 0 atom stereocenters. The molecule has 19 heavy (non-hydrogen) atoms. The molecule has 5 rings (SSSR count). The Hall–Kier alpha value is -0.830. The smallest absolute Gasteiger partial charge is 0.103 e. The van der Waals surface area contributed by atoms with Gasteiger partial charge in [-0.25, -0.2) is 4.98 Å². The van der Waals surface area contributed by atoms with Gasteiger partial charge in [-0.15, -0.1) is 0 Å².